The minimum atomic E-state index is -4.45. The van der Waals surface area contributed by atoms with Crippen LogP contribution in [0.4, 0.5) is 24.5 Å². The summed E-state index contributed by atoms with van der Waals surface area (Å²) in [7, 11) is 0. The predicted octanol–water partition coefficient (Wildman–Crippen LogP) is 6.10. The number of anilines is 2. The van der Waals surface area contributed by atoms with E-state index in [-0.39, 0.29) is 18.3 Å². The SMILES string of the molecule is CC(C)(C)CNc1c(C#N)cnc2c(C#N)cc(N[C@H](c3cn(C4(C(F)(F)F)CC4)nn3)c3csc4c3CCN(C3COC3)C4)cc12. The molecule has 47 heavy (non-hydrogen) atoms. The van der Waals surface area contributed by atoms with Crippen LogP contribution in [0.3, 0.4) is 0 Å². The molecule has 2 fully saturated rings. The summed E-state index contributed by atoms with van der Waals surface area (Å²) in [6.45, 7) is 9.87. The summed E-state index contributed by atoms with van der Waals surface area (Å²) in [6, 6.07) is 7.71. The van der Waals surface area contributed by atoms with Crippen LogP contribution in [0.25, 0.3) is 10.9 Å². The summed E-state index contributed by atoms with van der Waals surface area (Å²) in [4.78, 5) is 8.07. The molecule has 1 aliphatic carbocycles. The molecule has 1 saturated carbocycles. The Morgan fingerprint density at radius 2 is 1.91 bits per heavy atom. The molecule has 7 rings (SSSR count). The highest BCUT2D eigenvalue weighted by molar-refractivity contribution is 7.10. The van der Waals surface area contributed by atoms with Crippen LogP contribution in [0.2, 0.25) is 0 Å². The number of nitrogens with zero attached hydrogens (tertiary/aromatic N) is 7. The molecule has 2 N–H and O–H groups in total. The fourth-order valence-electron chi connectivity index (χ4n) is 6.32. The smallest absolute Gasteiger partial charge is 0.383 e. The Hall–Kier alpha value is -4.24. The summed E-state index contributed by atoms with van der Waals surface area (Å²) >= 11 is 1.63. The molecule has 14 heteroatoms. The number of nitrogens with one attached hydrogen (secondary N) is 2. The number of hydrogen-bond acceptors (Lipinski definition) is 10. The normalized spacial score (nSPS) is 18.6. The molecule has 3 aromatic heterocycles. The number of alkyl halides is 3. The second-order valence-corrected chi connectivity index (χ2v) is 14.8. The number of hydrogen-bond donors (Lipinski definition) is 2. The van der Waals surface area contributed by atoms with Gasteiger partial charge in [-0.2, -0.15) is 23.7 Å². The highest BCUT2D eigenvalue weighted by atomic mass is 32.1. The largest absolute Gasteiger partial charge is 0.413 e. The van der Waals surface area contributed by atoms with E-state index < -0.39 is 17.8 Å². The number of nitriles is 2. The Morgan fingerprint density at radius 1 is 1.15 bits per heavy atom. The predicted molar refractivity (Wildman–Crippen MR) is 171 cm³/mol. The topological polar surface area (TPSA) is 128 Å². The van der Waals surface area contributed by atoms with Crippen LogP contribution < -0.4 is 10.6 Å². The van der Waals surface area contributed by atoms with Crippen molar-refractivity contribution in [3.8, 4) is 12.1 Å². The molecule has 1 aromatic carbocycles. The summed E-state index contributed by atoms with van der Waals surface area (Å²) in [5.74, 6) is 0. The summed E-state index contributed by atoms with van der Waals surface area (Å²) in [6.07, 6.45) is -0.879. The van der Waals surface area contributed by atoms with Gasteiger partial charge in [-0.15, -0.1) is 16.4 Å². The average Bonchev–Trinajstić information content (AvgIpc) is 3.51. The first-order valence-electron chi connectivity index (χ1n) is 15.6. The Morgan fingerprint density at radius 3 is 2.55 bits per heavy atom. The first-order chi connectivity index (χ1) is 22.4. The van der Waals surface area contributed by atoms with Gasteiger partial charge in [0.1, 0.15) is 17.8 Å². The average molecular weight is 662 g/mol. The maximum atomic E-state index is 14.1. The zero-order valence-corrected chi connectivity index (χ0v) is 27.1. The maximum Gasteiger partial charge on any atom is 0.413 e. The number of ether oxygens (including phenoxy) is 1. The van der Waals surface area contributed by atoms with Crippen molar-refractivity contribution in [1.29, 1.82) is 10.5 Å². The van der Waals surface area contributed by atoms with Crippen LogP contribution >= 0.6 is 11.3 Å². The zero-order valence-electron chi connectivity index (χ0n) is 26.3. The molecule has 3 aliphatic rings. The zero-order chi connectivity index (χ0) is 33.1. The highest BCUT2D eigenvalue weighted by Gasteiger charge is 2.66. The summed E-state index contributed by atoms with van der Waals surface area (Å²) in [5.41, 5.74) is 2.51. The lowest BCUT2D eigenvalue weighted by Crippen LogP contribution is -2.50. The number of pyridine rings is 1. The lowest BCUT2D eigenvalue weighted by atomic mass is 9.95. The van der Waals surface area contributed by atoms with E-state index in [2.05, 4.69) is 69.1 Å². The van der Waals surface area contributed by atoms with Crippen molar-refractivity contribution >= 4 is 33.6 Å². The lowest BCUT2D eigenvalue weighted by Gasteiger charge is -2.39. The van der Waals surface area contributed by atoms with Crippen molar-refractivity contribution in [3.05, 3.63) is 62.7 Å². The lowest BCUT2D eigenvalue weighted by molar-refractivity contribution is -0.182. The molecular formula is C33H34F3N9OS. The fraction of sp³-hybridized carbons (Fsp3) is 0.485. The van der Waals surface area contributed by atoms with E-state index in [4.69, 9.17) is 4.74 Å². The Bertz CT molecular complexity index is 1920. The molecule has 0 unspecified atom stereocenters. The number of rotatable bonds is 8. The molecule has 0 bridgehead atoms. The van der Waals surface area contributed by atoms with Gasteiger partial charge in [0.15, 0.2) is 5.54 Å². The van der Waals surface area contributed by atoms with Crippen molar-refractivity contribution in [2.24, 2.45) is 5.41 Å². The molecule has 0 spiro atoms. The van der Waals surface area contributed by atoms with E-state index in [0.717, 1.165) is 48.5 Å². The fourth-order valence-corrected chi connectivity index (χ4v) is 7.47. The minimum absolute atomic E-state index is 0.0409. The Kier molecular flexibility index (Phi) is 7.66. The van der Waals surface area contributed by atoms with Gasteiger partial charge in [0.25, 0.3) is 0 Å². The Labute approximate surface area is 274 Å². The molecule has 10 nitrogen and oxygen atoms in total. The Balaban J connectivity index is 1.31. The quantitative estimate of drug-likeness (QED) is 0.230. The van der Waals surface area contributed by atoms with Gasteiger partial charge < -0.3 is 15.4 Å². The minimum Gasteiger partial charge on any atom is -0.383 e. The van der Waals surface area contributed by atoms with Crippen molar-refractivity contribution < 1.29 is 17.9 Å². The third-order valence-electron chi connectivity index (χ3n) is 9.27. The second kappa shape index (κ2) is 11.5. The molecule has 1 atom stereocenters. The van der Waals surface area contributed by atoms with Gasteiger partial charge in [0.2, 0.25) is 0 Å². The standard InChI is InChI=1S/C33H34F3N9OS/c1-31(2,3)18-40-29-20(11-38)12-39-28-19(10-37)8-21(9-24(28)29)41-30(26-13-45(43-42-26)32(5-6-32)33(34,35)36)25-17-47-27-14-44(7-4-23(25)27)22-15-46-16-22/h8-9,12-13,17,22,30,41H,4-7,14-16,18H2,1-3H3,(H,39,40)/t30-/m0/s1. The van der Waals surface area contributed by atoms with Crippen LogP contribution in [0.5, 0.6) is 0 Å². The van der Waals surface area contributed by atoms with Crippen LogP contribution in [0.15, 0.2) is 29.9 Å². The summed E-state index contributed by atoms with van der Waals surface area (Å²) in [5, 5.41) is 37.9. The number of fused-ring (bicyclic) bond motifs is 2. The molecule has 1 saturated heterocycles. The third-order valence-corrected chi connectivity index (χ3v) is 10.3. The monoisotopic (exact) mass is 661 g/mol. The molecule has 5 heterocycles. The number of benzene rings is 1. The van der Waals surface area contributed by atoms with E-state index in [0.29, 0.717) is 51.7 Å². The first-order valence-corrected chi connectivity index (χ1v) is 16.5. The van der Waals surface area contributed by atoms with Gasteiger partial charge >= 0.3 is 6.18 Å². The number of halogens is 3. The molecule has 2 aliphatic heterocycles. The first kappa shape index (κ1) is 31.4. The van der Waals surface area contributed by atoms with E-state index >= 15 is 0 Å². The van der Waals surface area contributed by atoms with Gasteiger partial charge in [-0.25, -0.2) is 4.68 Å². The van der Waals surface area contributed by atoms with Crippen LogP contribution in [0.1, 0.15) is 72.5 Å². The van der Waals surface area contributed by atoms with Crippen LogP contribution in [-0.4, -0.2) is 63.4 Å². The van der Waals surface area contributed by atoms with E-state index in [9.17, 15) is 23.7 Å². The van der Waals surface area contributed by atoms with Crippen molar-refractivity contribution in [2.75, 3.05) is 36.9 Å². The number of thiophene rings is 1. The van der Waals surface area contributed by atoms with E-state index in [1.54, 1.807) is 17.4 Å². The third kappa shape index (κ3) is 5.69. The van der Waals surface area contributed by atoms with Crippen molar-refractivity contribution in [3.63, 3.8) is 0 Å². The molecule has 0 amide bonds. The maximum absolute atomic E-state index is 14.1. The van der Waals surface area contributed by atoms with E-state index in [1.807, 2.05) is 6.07 Å². The van der Waals surface area contributed by atoms with Gasteiger partial charge in [-0.1, -0.05) is 26.0 Å². The van der Waals surface area contributed by atoms with Gasteiger partial charge in [0.05, 0.1) is 53.8 Å². The van der Waals surface area contributed by atoms with E-state index in [1.165, 1.54) is 17.3 Å². The van der Waals surface area contributed by atoms with Gasteiger partial charge in [-0.05, 0) is 53.3 Å². The van der Waals surface area contributed by atoms with Gasteiger partial charge in [0, 0.05) is 41.8 Å². The van der Waals surface area contributed by atoms with Gasteiger partial charge in [-0.3, -0.25) is 9.88 Å². The molecule has 4 aromatic rings. The molecular weight excluding hydrogens is 627 g/mol. The molecule has 0 radical (unpaired) electrons. The highest BCUT2D eigenvalue weighted by Crippen LogP contribution is 2.55. The number of aromatic nitrogens is 4. The molecule has 244 valence electrons. The van der Waals surface area contributed by atoms with Crippen molar-refractivity contribution in [1.82, 2.24) is 24.9 Å². The summed E-state index contributed by atoms with van der Waals surface area (Å²) < 4.78 is 48.6. The second-order valence-electron chi connectivity index (χ2n) is 13.8. The van der Waals surface area contributed by atoms with Crippen LogP contribution in [0, 0.1) is 28.1 Å². The van der Waals surface area contributed by atoms with Crippen LogP contribution in [-0.2, 0) is 23.2 Å². The van der Waals surface area contributed by atoms with Crippen molar-refractivity contribution in [2.45, 2.75) is 70.4 Å².